The van der Waals surface area contributed by atoms with Crippen molar-refractivity contribution >= 4 is 27.7 Å². The lowest BCUT2D eigenvalue weighted by molar-refractivity contribution is -0.138. The van der Waals surface area contributed by atoms with Crippen LogP contribution in [0.15, 0.2) is 77.3 Å². The van der Waals surface area contributed by atoms with E-state index in [1.165, 1.54) is 5.56 Å². The summed E-state index contributed by atoms with van der Waals surface area (Å²) in [5.74, 6) is 0.313. The maximum atomic E-state index is 13.5. The summed E-state index contributed by atoms with van der Waals surface area (Å²) in [6, 6.07) is 24.4. The van der Waals surface area contributed by atoms with Gasteiger partial charge in [0.2, 0.25) is 5.91 Å². The number of rotatable bonds is 8. The highest BCUT2D eigenvalue weighted by Crippen LogP contribution is 2.42. The van der Waals surface area contributed by atoms with Gasteiger partial charge in [-0.05, 0) is 87.0 Å². The van der Waals surface area contributed by atoms with Crippen molar-refractivity contribution < 1.29 is 9.59 Å². The van der Waals surface area contributed by atoms with Gasteiger partial charge in [-0.3, -0.25) is 9.59 Å². The van der Waals surface area contributed by atoms with E-state index in [1.54, 1.807) is 0 Å². The molecule has 1 unspecified atom stereocenters. The highest BCUT2D eigenvalue weighted by atomic mass is 79.9. The fourth-order valence-corrected chi connectivity index (χ4v) is 6.51. The molecule has 5 rings (SSSR count). The third-order valence-corrected chi connectivity index (χ3v) is 9.18. The molecular formula is C33H38BrN3O2. The molecule has 1 spiro atoms. The Hall–Kier alpha value is -2.96. The van der Waals surface area contributed by atoms with Crippen LogP contribution in [0.1, 0.15) is 64.3 Å². The van der Waals surface area contributed by atoms with E-state index in [0.717, 1.165) is 78.6 Å². The Balaban J connectivity index is 1.19. The zero-order valence-corrected chi connectivity index (χ0v) is 24.5. The molecule has 2 aliphatic heterocycles. The van der Waals surface area contributed by atoms with Crippen molar-refractivity contribution in [3.05, 3.63) is 105 Å². The van der Waals surface area contributed by atoms with Crippen molar-refractivity contribution in [1.29, 1.82) is 0 Å². The highest BCUT2D eigenvalue weighted by molar-refractivity contribution is 9.10. The van der Waals surface area contributed by atoms with Gasteiger partial charge < -0.3 is 15.1 Å². The number of benzene rings is 3. The van der Waals surface area contributed by atoms with E-state index in [0.29, 0.717) is 12.5 Å². The van der Waals surface area contributed by atoms with Crippen LogP contribution in [0.25, 0.3) is 0 Å². The van der Waals surface area contributed by atoms with Gasteiger partial charge in [0.15, 0.2) is 0 Å². The number of halogens is 1. The molecule has 39 heavy (non-hydrogen) atoms. The molecule has 2 aliphatic rings. The SMILES string of the molecule is Cc1cccc(C)c1C(=O)NC(CCN1CCC2(CC1)CCN(Cc1ccc(Br)cc1)C2=O)c1ccccc1. The number of hydrogen-bond acceptors (Lipinski definition) is 3. The molecule has 3 aromatic carbocycles. The van der Waals surface area contributed by atoms with Gasteiger partial charge in [-0.25, -0.2) is 0 Å². The Morgan fingerprint density at radius 2 is 1.54 bits per heavy atom. The molecule has 0 aromatic heterocycles. The standard InChI is InChI=1S/C33H38BrN3O2/c1-24-7-6-8-25(2)30(24)31(38)35-29(27-9-4-3-5-10-27)15-19-36-20-16-33(17-21-36)18-22-37(32(33)39)23-26-11-13-28(34)14-12-26/h3-14,29H,15-23H2,1-2H3,(H,35,38). The van der Waals surface area contributed by atoms with Gasteiger partial charge in [0.25, 0.3) is 5.91 Å². The van der Waals surface area contributed by atoms with Crippen molar-refractivity contribution in [3.8, 4) is 0 Å². The maximum Gasteiger partial charge on any atom is 0.252 e. The predicted molar refractivity (Wildman–Crippen MR) is 159 cm³/mol. The molecule has 1 N–H and O–H groups in total. The number of likely N-dealkylation sites (tertiary alicyclic amines) is 2. The smallest absolute Gasteiger partial charge is 0.252 e. The first-order chi connectivity index (χ1) is 18.8. The Labute approximate surface area is 240 Å². The van der Waals surface area contributed by atoms with Crippen LogP contribution in [0.2, 0.25) is 0 Å². The minimum atomic E-state index is -0.207. The summed E-state index contributed by atoms with van der Waals surface area (Å²) in [6.45, 7) is 8.25. The van der Waals surface area contributed by atoms with Gasteiger partial charge in [-0.15, -0.1) is 0 Å². The summed E-state index contributed by atoms with van der Waals surface area (Å²) in [5, 5.41) is 3.33. The predicted octanol–water partition coefficient (Wildman–Crippen LogP) is 6.44. The number of hydrogen-bond donors (Lipinski definition) is 1. The number of aryl methyl sites for hydroxylation is 2. The monoisotopic (exact) mass is 587 g/mol. The van der Waals surface area contributed by atoms with Crippen molar-refractivity contribution in [3.63, 3.8) is 0 Å². The first kappa shape index (κ1) is 27.6. The van der Waals surface area contributed by atoms with E-state index in [-0.39, 0.29) is 17.4 Å². The lowest BCUT2D eigenvalue weighted by Gasteiger charge is -2.38. The molecule has 5 nitrogen and oxygen atoms in total. The minimum absolute atomic E-state index is 0.0144. The van der Waals surface area contributed by atoms with E-state index in [4.69, 9.17) is 0 Å². The number of carbonyl (C=O) groups is 2. The van der Waals surface area contributed by atoms with Crippen LogP contribution in [0.5, 0.6) is 0 Å². The molecule has 0 radical (unpaired) electrons. The van der Waals surface area contributed by atoms with Crippen LogP contribution in [0.3, 0.4) is 0 Å². The zero-order chi connectivity index (χ0) is 27.4. The van der Waals surface area contributed by atoms with E-state index in [2.05, 4.69) is 50.4 Å². The van der Waals surface area contributed by atoms with Crippen LogP contribution in [0.4, 0.5) is 0 Å². The number of piperidine rings is 1. The van der Waals surface area contributed by atoms with Crippen LogP contribution in [0, 0.1) is 19.3 Å². The molecule has 1 atom stereocenters. The fraction of sp³-hybridized carbons (Fsp3) is 0.394. The van der Waals surface area contributed by atoms with Crippen molar-refractivity contribution in [1.82, 2.24) is 15.1 Å². The van der Waals surface area contributed by atoms with Gasteiger partial charge in [0.05, 0.1) is 11.5 Å². The van der Waals surface area contributed by atoms with E-state index in [1.807, 2.05) is 67.3 Å². The Kier molecular flexibility index (Phi) is 8.53. The quantitative estimate of drug-likeness (QED) is 0.330. The molecular weight excluding hydrogens is 550 g/mol. The second-order valence-electron chi connectivity index (χ2n) is 11.2. The largest absolute Gasteiger partial charge is 0.345 e. The van der Waals surface area contributed by atoms with Gasteiger partial charge in [-0.2, -0.15) is 0 Å². The second kappa shape index (κ2) is 12.1. The number of nitrogens with zero attached hydrogens (tertiary/aromatic N) is 2. The molecule has 3 aromatic rings. The fourth-order valence-electron chi connectivity index (χ4n) is 6.24. The first-order valence-electron chi connectivity index (χ1n) is 14.0. The molecule has 0 aliphatic carbocycles. The summed E-state index contributed by atoms with van der Waals surface area (Å²) in [5.41, 5.74) is 4.86. The lowest BCUT2D eigenvalue weighted by atomic mass is 9.77. The number of carbonyl (C=O) groups excluding carboxylic acids is 2. The van der Waals surface area contributed by atoms with Crippen LogP contribution in [-0.4, -0.2) is 47.8 Å². The first-order valence-corrected chi connectivity index (χ1v) is 14.8. The second-order valence-corrected chi connectivity index (χ2v) is 12.1. The average molecular weight is 589 g/mol. The third kappa shape index (κ3) is 6.28. The van der Waals surface area contributed by atoms with Gasteiger partial charge >= 0.3 is 0 Å². The van der Waals surface area contributed by atoms with E-state index >= 15 is 0 Å². The van der Waals surface area contributed by atoms with E-state index in [9.17, 15) is 9.59 Å². The van der Waals surface area contributed by atoms with Gasteiger partial charge in [0, 0.05) is 29.7 Å². The molecule has 204 valence electrons. The molecule has 6 heteroatoms. The molecule has 2 heterocycles. The number of nitrogens with one attached hydrogen (secondary N) is 1. The van der Waals surface area contributed by atoms with Crippen molar-refractivity contribution in [2.75, 3.05) is 26.2 Å². The zero-order valence-electron chi connectivity index (χ0n) is 23.0. The molecule has 2 saturated heterocycles. The topological polar surface area (TPSA) is 52.7 Å². The number of amides is 2. The van der Waals surface area contributed by atoms with Crippen molar-refractivity contribution in [2.24, 2.45) is 5.41 Å². The highest BCUT2D eigenvalue weighted by Gasteiger charge is 2.47. The summed E-state index contributed by atoms with van der Waals surface area (Å²) in [7, 11) is 0. The molecule has 0 saturated carbocycles. The summed E-state index contributed by atoms with van der Waals surface area (Å²) < 4.78 is 1.06. The lowest BCUT2D eigenvalue weighted by Crippen LogP contribution is -2.45. The van der Waals surface area contributed by atoms with Crippen LogP contribution < -0.4 is 5.32 Å². The Morgan fingerprint density at radius 1 is 0.897 bits per heavy atom. The van der Waals surface area contributed by atoms with Crippen LogP contribution >= 0.6 is 15.9 Å². The maximum absolute atomic E-state index is 13.5. The van der Waals surface area contributed by atoms with Gasteiger partial charge in [0.1, 0.15) is 0 Å². The van der Waals surface area contributed by atoms with Gasteiger partial charge in [-0.1, -0.05) is 76.6 Å². The summed E-state index contributed by atoms with van der Waals surface area (Å²) in [6.07, 6.45) is 3.60. The normalized spacial score (nSPS) is 17.9. The Morgan fingerprint density at radius 3 is 2.21 bits per heavy atom. The van der Waals surface area contributed by atoms with Crippen LogP contribution in [-0.2, 0) is 11.3 Å². The van der Waals surface area contributed by atoms with Crippen molar-refractivity contribution in [2.45, 2.75) is 52.1 Å². The van der Waals surface area contributed by atoms with E-state index < -0.39 is 0 Å². The third-order valence-electron chi connectivity index (χ3n) is 8.65. The molecule has 2 amide bonds. The minimum Gasteiger partial charge on any atom is -0.345 e. The Bertz CT molecular complexity index is 1280. The molecule has 0 bridgehead atoms. The average Bonchev–Trinajstić information content (AvgIpc) is 3.23. The summed E-state index contributed by atoms with van der Waals surface area (Å²) >= 11 is 3.49. The molecule has 2 fully saturated rings. The summed E-state index contributed by atoms with van der Waals surface area (Å²) in [4.78, 5) is 31.3.